The van der Waals surface area contributed by atoms with Crippen LogP contribution in [0.5, 0.6) is 0 Å². The number of carbonyl (C=O) groups excluding carboxylic acids is 1. The quantitative estimate of drug-likeness (QED) is 0.520. The average Bonchev–Trinajstić information content (AvgIpc) is 2.38. The number of hydrogen-bond donors (Lipinski definition) is 0. The molecule has 110 valence electrons. The van der Waals surface area contributed by atoms with Crippen molar-refractivity contribution in [2.45, 2.75) is 27.2 Å². The second-order valence-electron chi connectivity index (χ2n) is 6.04. The van der Waals surface area contributed by atoms with Gasteiger partial charge in [0, 0.05) is 51.1 Å². The summed E-state index contributed by atoms with van der Waals surface area (Å²) in [6.07, 6.45) is 2.42. The molecule has 4 heteroatoms. The van der Waals surface area contributed by atoms with Crippen LogP contribution in [0.25, 0.3) is 0 Å². The van der Waals surface area contributed by atoms with Crippen LogP contribution in [0.4, 0.5) is 0 Å². The van der Waals surface area contributed by atoms with Gasteiger partial charge in [0.25, 0.3) is 0 Å². The van der Waals surface area contributed by atoms with Crippen molar-refractivity contribution in [3.05, 3.63) is 12.7 Å². The smallest absolute Gasteiger partial charge is 0.305 e. The van der Waals surface area contributed by atoms with E-state index in [1.54, 1.807) is 0 Å². The van der Waals surface area contributed by atoms with Gasteiger partial charge in [-0.1, -0.05) is 26.8 Å². The summed E-state index contributed by atoms with van der Waals surface area (Å²) in [6.45, 7) is 16.7. The summed E-state index contributed by atoms with van der Waals surface area (Å²) in [7, 11) is 0. The van der Waals surface area contributed by atoms with Gasteiger partial charge in [-0.25, -0.2) is 0 Å². The van der Waals surface area contributed by atoms with Gasteiger partial charge in [-0.3, -0.25) is 9.69 Å². The van der Waals surface area contributed by atoms with Crippen molar-refractivity contribution < 1.29 is 9.53 Å². The predicted molar refractivity (Wildman–Crippen MR) is 78.1 cm³/mol. The van der Waals surface area contributed by atoms with Crippen LogP contribution in [0.2, 0.25) is 0 Å². The molecular weight excluding hydrogens is 240 g/mol. The third-order valence-corrected chi connectivity index (χ3v) is 3.42. The normalized spacial score (nSPS) is 18.3. The lowest BCUT2D eigenvalue weighted by Crippen LogP contribution is -2.49. The Labute approximate surface area is 117 Å². The highest BCUT2D eigenvalue weighted by Gasteiger charge is 2.25. The molecular formula is C15H28N2O2. The summed E-state index contributed by atoms with van der Waals surface area (Å²) in [4.78, 5) is 16.1. The first kappa shape index (κ1) is 16.2. The topological polar surface area (TPSA) is 32.8 Å². The average molecular weight is 268 g/mol. The maximum atomic E-state index is 11.2. The Morgan fingerprint density at radius 2 is 1.84 bits per heavy atom. The molecule has 0 amide bonds. The van der Waals surface area contributed by atoms with E-state index < -0.39 is 0 Å². The molecule has 0 aromatic rings. The maximum Gasteiger partial charge on any atom is 0.305 e. The first-order chi connectivity index (χ1) is 8.96. The first-order valence-corrected chi connectivity index (χ1v) is 7.18. The minimum atomic E-state index is -0.108. The van der Waals surface area contributed by atoms with Gasteiger partial charge in [0.1, 0.15) is 0 Å². The molecule has 0 spiro atoms. The van der Waals surface area contributed by atoms with Crippen LogP contribution >= 0.6 is 0 Å². The van der Waals surface area contributed by atoms with Crippen LogP contribution in [0.15, 0.2) is 12.7 Å². The number of carbonyl (C=O) groups is 1. The molecule has 0 aromatic carbocycles. The highest BCUT2D eigenvalue weighted by atomic mass is 16.5. The largest absolute Gasteiger partial charge is 0.465 e. The molecule has 0 aliphatic carbocycles. The highest BCUT2D eigenvalue weighted by Crippen LogP contribution is 2.19. The van der Waals surface area contributed by atoms with Crippen molar-refractivity contribution in [1.82, 2.24) is 9.80 Å². The van der Waals surface area contributed by atoms with E-state index in [0.29, 0.717) is 13.0 Å². The predicted octanol–water partition coefficient (Wildman–Crippen LogP) is 1.77. The lowest BCUT2D eigenvalue weighted by atomic mass is 9.93. The van der Waals surface area contributed by atoms with Gasteiger partial charge in [-0.2, -0.15) is 0 Å². The van der Waals surface area contributed by atoms with Gasteiger partial charge >= 0.3 is 5.97 Å². The van der Waals surface area contributed by atoms with Gasteiger partial charge < -0.3 is 9.64 Å². The third kappa shape index (κ3) is 6.21. The number of hydrogen-bond acceptors (Lipinski definition) is 4. The van der Waals surface area contributed by atoms with Crippen LogP contribution in [0.3, 0.4) is 0 Å². The van der Waals surface area contributed by atoms with Crippen molar-refractivity contribution in [3.8, 4) is 0 Å². The fourth-order valence-electron chi connectivity index (χ4n) is 2.34. The number of rotatable bonds is 7. The Balaban J connectivity index is 2.30. The molecule has 4 nitrogen and oxygen atoms in total. The second kappa shape index (κ2) is 7.65. The summed E-state index contributed by atoms with van der Waals surface area (Å²) in [5.74, 6) is -0.108. The monoisotopic (exact) mass is 268 g/mol. The van der Waals surface area contributed by atoms with E-state index in [9.17, 15) is 4.79 Å². The van der Waals surface area contributed by atoms with E-state index >= 15 is 0 Å². The number of ether oxygens (including phenoxy) is 1. The van der Waals surface area contributed by atoms with Gasteiger partial charge in [0.2, 0.25) is 0 Å². The van der Waals surface area contributed by atoms with Crippen LogP contribution < -0.4 is 0 Å². The van der Waals surface area contributed by atoms with E-state index in [1.807, 2.05) is 13.0 Å². The molecule has 1 aliphatic heterocycles. The molecule has 0 radical (unpaired) electrons. The summed E-state index contributed by atoms with van der Waals surface area (Å²) >= 11 is 0. The molecule has 0 N–H and O–H groups in total. The van der Waals surface area contributed by atoms with Crippen LogP contribution in [-0.4, -0.2) is 61.6 Å². The van der Waals surface area contributed by atoms with Gasteiger partial charge in [0.05, 0.1) is 6.61 Å². The fourth-order valence-corrected chi connectivity index (χ4v) is 2.34. The van der Waals surface area contributed by atoms with Gasteiger partial charge in [-0.05, 0) is 0 Å². The highest BCUT2D eigenvalue weighted by molar-refractivity contribution is 5.68. The molecule has 0 unspecified atom stereocenters. The Morgan fingerprint density at radius 1 is 1.26 bits per heavy atom. The van der Waals surface area contributed by atoms with E-state index in [0.717, 1.165) is 39.3 Å². The van der Waals surface area contributed by atoms with Crippen LogP contribution in [-0.2, 0) is 9.53 Å². The summed E-state index contributed by atoms with van der Waals surface area (Å²) in [6, 6.07) is 0. The Morgan fingerprint density at radius 3 is 2.37 bits per heavy atom. The third-order valence-electron chi connectivity index (χ3n) is 3.42. The molecule has 0 atom stereocenters. The second-order valence-corrected chi connectivity index (χ2v) is 6.04. The van der Waals surface area contributed by atoms with Crippen molar-refractivity contribution in [2.24, 2.45) is 5.41 Å². The van der Waals surface area contributed by atoms with Crippen LogP contribution in [0, 0.1) is 5.41 Å². The van der Waals surface area contributed by atoms with Crippen molar-refractivity contribution >= 4 is 5.97 Å². The zero-order valence-corrected chi connectivity index (χ0v) is 12.7. The first-order valence-electron chi connectivity index (χ1n) is 7.18. The van der Waals surface area contributed by atoms with Gasteiger partial charge in [0.15, 0.2) is 0 Å². The van der Waals surface area contributed by atoms with E-state index in [-0.39, 0.29) is 11.4 Å². The molecule has 1 aliphatic rings. The van der Waals surface area contributed by atoms with Crippen molar-refractivity contribution in [3.63, 3.8) is 0 Å². The van der Waals surface area contributed by atoms with E-state index in [4.69, 9.17) is 4.74 Å². The standard InChI is InChI=1S/C15H28N2O2/c1-5-7-16-8-10-17(11-9-16)12-15(3,4)13-19-14(18)6-2/h5H,1,6-13H2,2-4H3. The maximum absolute atomic E-state index is 11.2. The minimum absolute atomic E-state index is 0.0193. The lowest BCUT2D eigenvalue weighted by molar-refractivity contribution is -0.146. The molecule has 0 saturated carbocycles. The van der Waals surface area contributed by atoms with Gasteiger partial charge in [-0.15, -0.1) is 6.58 Å². The Bertz CT molecular complexity index is 295. The molecule has 0 aromatic heterocycles. The number of piperazine rings is 1. The lowest BCUT2D eigenvalue weighted by Gasteiger charge is -2.38. The SMILES string of the molecule is C=CCN1CCN(CC(C)(C)COC(=O)CC)CC1. The number of nitrogens with zero attached hydrogens (tertiary/aromatic N) is 2. The van der Waals surface area contributed by atoms with Crippen LogP contribution in [0.1, 0.15) is 27.2 Å². The zero-order valence-electron chi connectivity index (χ0n) is 12.7. The molecule has 19 heavy (non-hydrogen) atoms. The summed E-state index contributed by atoms with van der Waals surface area (Å²) in [5, 5.41) is 0. The fraction of sp³-hybridized carbons (Fsp3) is 0.800. The van der Waals surface area contributed by atoms with Crippen molar-refractivity contribution in [2.75, 3.05) is 45.9 Å². The summed E-state index contributed by atoms with van der Waals surface area (Å²) < 4.78 is 5.27. The van der Waals surface area contributed by atoms with E-state index in [2.05, 4.69) is 30.2 Å². The molecule has 1 heterocycles. The minimum Gasteiger partial charge on any atom is -0.465 e. The number of esters is 1. The van der Waals surface area contributed by atoms with E-state index in [1.165, 1.54) is 0 Å². The summed E-state index contributed by atoms with van der Waals surface area (Å²) in [5.41, 5.74) is 0.0193. The Hall–Kier alpha value is -0.870. The molecule has 1 saturated heterocycles. The van der Waals surface area contributed by atoms with Crippen molar-refractivity contribution in [1.29, 1.82) is 0 Å². The molecule has 1 fully saturated rings. The molecule has 1 rings (SSSR count). The molecule has 0 bridgehead atoms. The zero-order chi connectivity index (χ0) is 14.3. The Kier molecular flexibility index (Phi) is 6.52.